The Bertz CT molecular complexity index is 856. The van der Waals surface area contributed by atoms with Crippen molar-refractivity contribution in [2.45, 2.75) is 13.3 Å². The minimum Gasteiger partial charge on any atom is -0.326 e. The van der Waals surface area contributed by atoms with Gasteiger partial charge in [-0.1, -0.05) is 12.1 Å². The van der Waals surface area contributed by atoms with Crippen molar-refractivity contribution in [3.8, 4) is 9.88 Å². The summed E-state index contributed by atoms with van der Waals surface area (Å²) in [5.74, 6) is -0.292. The molecule has 0 bridgehead atoms. The van der Waals surface area contributed by atoms with Gasteiger partial charge in [-0.15, -0.1) is 22.7 Å². The van der Waals surface area contributed by atoms with E-state index in [0.29, 0.717) is 11.4 Å². The molecule has 0 aliphatic rings. The van der Waals surface area contributed by atoms with Crippen LogP contribution in [0.3, 0.4) is 0 Å². The highest BCUT2D eigenvalue weighted by Crippen LogP contribution is 2.28. The maximum absolute atomic E-state index is 12.2. The smallest absolute Gasteiger partial charge is 0.230 e. The Balaban J connectivity index is 1.62. The Labute approximate surface area is 147 Å². The number of hydrogen-bond donors (Lipinski definition) is 2. The third kappa shape index (κ3) is 4.27. The fraction of sp³-hybridized carbons (Fsp3) is 0.118. The first-order chi connectivity index (χ1) is 11.6. The van der Waals surface area contributed by atoms with Crippen LogP contribution in [-0.2, 0) is 16.0 Å². The molecule has 0 spiro atoms. The van der Waals surface area contributed by atoms with Gasteiger partial charge in [-0.05, 0) is 29.6 Å². The first-order valence-corrected chi connectivity index (χ1v) is 9.02. The van der Waals surface area contributed by atoms with Gasteiger partial charge in [-0.3, -0.25) is 9.59 Å². The fourth-order valence-corrected chi connectivity index (χ4v) is 3.78. The lowest BCUT2D eigenvalue weighted by Gasteiger charge is -2.07. The van der Waals surface area contributed by atoms with Crippen molar-refractivity contribution in [1.29, 1.82) is 0 Å². The highest BCUT2D eigenvalue weighted by molar-refractivity contribution is 7.20. The van der Waals surface area contributed by atoms with E-state index in [4.69, 9.17) is 0 Å². The molecule has 0 aliphatic carbocycles. The molecule has 24 heavy (non-hydrogen) atoms. The summed E-state index contributed by atoms with van der Waals surface area (Å²) in [4.78, 5) is 28.9. The molecule has 5 nitrogen and oxygen atoms in total. The largest absolute Gasteiger partial charge is 0.326 e. The summed E-state index contributed by atoms with van der Waals surface area (Å²) >= 11 is 3.17. The maximum atomic E-state index is 12.2. The second-order valence-electron chi connectivity index (χ2n) is 5.11. The molecular weight excluding hydrogens is 342 g/mol. The van der Waals surface area contributed by atoms with Gasteiger partial charge in [0.2, 0.25) is 11.8 Å². The molecule has 1 aromatic carbocycles. The average Bonchev–Trinajstić information content (AvgIpc) is 3.17. The van der Waals surface area contributed by atoms with Crippen molar-refractivity contribution in [3.63, 3.8) is 0 Å². The minimum absolute atomic E-state index is 0.141. The number of hydrogen-bond acceptors (Lipinski definition) is 5. The zero-order valence-corrected chi connectivity index (χ0v) is 14.5. The lowest BCUT2D eigenvalue weighted by molar-refractivity contribution is -0.116. The number of anilines is 2. The molecule has 2 N–H and O–H groups in total. The van der Waals surface area contributed by atoms with Crippen LogP contribution in [0.5, 0.6) is 0 Å². The van der Waals surface area contributed by atoms with E-state index in [0.717, 1.165) is 15.6 Å². The molecule has 0 radical (unpaired) electrons. The number of benzene rings is 1. The van der Waals surface area contributed by atoms with E-state index in [1.54, 1.807) is 35.6 Å². The van der Waals surface area contributed by atoms with Crippen molar-refractivity contribution < 1.29 is 9.59 Å². The predicted molar refractivity (Wildman–Crippen MR) is 98.5 cm³/mol. The molecule has 0 fully saturated rings. The molecule has 0 saturated carbocycles. The molecule has 2 amide bonds. The van der Waals surface area contributed by atoms with Crippen molar-refractivity contribution in [1.82, 2.24) is 4.98 Å². The monoisotopic (exact) mass is 357 g/mol. The topological polar surface area (TPSA) is 71.1 Å². The Morgan fingerprint density at radius 3 is 2.58 bits per heavy atom. The van der Waals surface area contributed by atoms with Gasteiger partial charge in [-0.25, -0.2) is 4.98 Å². The molecule has 3 aromatic rings. The average molecular weight is 357 g/mol. The molecule has 0 saturated heterocycles. The maximum Gasteiger partial charge on any atom is 0.230 e. The van der Waals surface area contributed by atoms with Crippen LogP contribution in [0.25, 0.3) is 9.88 Å². The molecule has 0 unspecified atom stereocenters. The van der Waals surface area contributed by atoms with Crippen LogP contribution in [0.2, 0.25) is 0 Å². The van der Waals surface area contributed by atoms with E-state index in [1.165, 1.54) is 18.3 Å². The minimum atomic E-state index is -0.151. The van der Waals surface area contributed by atoms with Crippen molar-refractivity contribution in [3.05, 3.63) is 52.9 Å². The molecular formula is C17H15N3O2S2. The molecule has 3 rings (SSSR count). The highest BCUT2D eigenvalue weighted by atomic mass is 32.1. The Morgan fingerprint density at radius 1 is 1.08 bits per heavy atom. The van der Waals surface area contributed by atoms with Crippen molar-refractivity contribution in [2.75, 3.05) is 10.6 Å². The first-order valence-electron chi connectivity index (χ1n) is 7.26. The summed E-state index contributed by atoms with van der Waals surface area (Å²) in [6, 6.07) is 11.0. The molecule has 0 atom stereocenters. The van der Waals surface area contributed by atoms with Gasteiger partial charge in [0.05, 0.1) is 17.0 Å². The standard InChI is InChI=1S/C17H15N3O2S2/c1-11(21)18-12-4-2-5-13(8-12)19-16(22)9-14-10-24-17(20-14)15-6-3-7-23-15/h2-8,10H,9H2,1H3,(H,18,21)(H,19,22). The summed E-state index contributed by atoms with van der Waals surface area (Å²) in [5.41, 5.74) is 2.04. The quantitative estimate of drug-likeness (QED) is 0.725. The van der Waals surface area contributed by atoms with Gasteiger partial charge in [-0.2, -0.15) is 0 Å². The zero-order valence-electron chi connectivity index (χ0n) is 12.9. The van der Waals surface area contributed by atoms with E-state index in [9.17, 15) is 9.59 Å². The normalized spacial score (nSPS) is 10.4. The van der Waals surface area contributed by atoms with E-state index in [-0.39, 0.29) is 18.2 Å². The Morgan fingerprint density at radius 2 is 1.88 bits per heavy atom. The van der Waals surface area contributed by atoms with E-state index in [2.05, 4.69) is 15.6 Å². The molecule has 7 heteroatoms. The van der Waals surface area contributed by atoms with E-state index in [1.807, 2.05) is 22.9 Å². The van der Waals surface area contributed by atoms with Crippen molar-refractivity contribution in [2.24, 2.45) is 0 Å². The van der Waals surface area contributed by atoms with Crippen LogP contribution in [0.4, 0.5) is 11.4 Å². The van der Waals surface area contributed by atoms with Gasteiger partial charge >= 0.3 is 0 Å². The third-order valence-electron chi connectivity index (χ3n) is 3.09. The summed E-state index contributed by atoms with van der Waals surface area (Å²) in [5, 5.41) is 10.4. The number of amides is 2. The lowest BCUT2D eigenvalue weighted by atomic mass is 10.2. The molecule has 2 aromatic heterocycles. The number of nitrogens with one attached hydrogen (secondary N) is 2. The van der Waals surface area contributed by atoms with Crippen molar-refractivity contribution >= 4 is 45.9 Å². The summed E-state index contributed by atoms with van der Waals surface area (Å²) in [6.45, 7) is 1.44. The number of rotatable bonds is 5. The Kier molecular flexibility index (Phi) is 5.02. The molecule has 122 valence electrons. The number of carbonyl (C=O) groups is 2. The molecule has 2 heterocycles. The summed E-state index contributed by atoms with van der Waals surface area (Å²) in [7, 11) is 0. The zero-order chi connectivity index (χ0) is 16.9. The second-order valence-corrected chi connectivity index (χ2v) is 6.91. The van der Waals surface area contributed by atoms with Crippen LogP contribution >= 0.6 is 22.7 Å². The number of thiophene rings is 1. The number of thiazole rings is 1. The van der Waals surface area contributed by atoms with E-state index < -0.39 is 0 Å². The fourth-order valence-electron chi connectivity index (χ4n) is 2.15. The summed E-state index contributed by atoms with van der Waals surface area (Å²) in [6.07, 6.45) is 0.215. The summed E-state index contributed by atoms with van der Waals surface area (Å²) < 4.78 is 0. The number of nitrogens with zero attached hydrogens (tertiary/aromatic N) is 1. The van der Waals surface area contributed by atoms with Crippen LogP contribution < -0.4 is 10.6 Å². The van der Waals surface area contributed by atoms with Crippen LogP contribution in [0, 0.1) is 0 Å². The van der Waals surface area contributed by atoms with Crippen LogP contribution in [-0.4, -0.2) is 16.8 Å². The first kappa shape index (κ1) is 16.4. The van der Waals surface area contributed by atoms with Crippen LogP contribution in [0.15, 0.2) is 47.2 Å². The predicted octanol–water partition coefficient (Wildman–Crippen LogP) is 4.01. The second kappa shape index (κ2) is 7.37. The van der Waals surface area contributed by atoms with Gasteiger partial charge < -0.3 is 10.6 Å². The number of aromatic nitrogens is 1. The van der Waals surface area contributed by atoms with Crippen LogP contribution in [0.1, 0.15) is 12.6 Å². The third-order valence-corrected chi connectivity index (χ3v) is 5.02. The van der Waals surface area contributed by atoms with Gasteiger partial charge in [0, 0.05) is 23.7 Å². The van der Waals surface area contributed by atoms with Gasteiger partial charge in [0.1, 0.15) is 5.01 Å². The van der Waals surface area contributed by atoms with Gasteiger partial charge in [0.25, 0.3) is 0 Å². The van der Waals surface area contributed by atoms with E-state index >= 15 is 0 Å². The Hall–Kier alpha value is -2.51. The SMILES string of the molecule is CC(=O)Nc1cccc(NC(=O)Cc2csc(-c3cccs3)n2)c1. The highest BCUT2D eigenvalue weighted by Gasteiger charge is 2.10. The van der Waals surface area contributed by atoms with Gasteiger partial charge in [0.15, 0.2) is 0 Å². The molecule has 0 aliphatic heterocycles. The lowest BCUT2D eigenvalue weighted by Crippen LogP contribution is -2.15. The number of carbonyl (C=O) groups excluding carboxylic acids is 2.